The lowest BCUT2D eigenvalue weighted by molar-refractivity contribution is -0.135. The predicted molar refractivity (Wildman–Crippen MR) is 127 cm³/mol. The monoisotopic (exact) mass is 469 g/mol. The van der Waals surface area contributed by atoms with Crippen LogP contribution in [0.5, 0.6) is 5.75 Å². The molecule has 2 aromatic carbocycles. The van der Waals surface area contributed by atoms with E-state index in [-0.39, 0.29) is 36.2 Å². The Morgan fingerprint density at radius 2 is 1.94 bits per heavy atom. The number of fused-ring (bicyclic) bond motifs is 1. The van der Waals surface area contributed by atoms with Gasteiger partial charge in [-0.2, -0.15) is 0 Å². The van der Waals surface area contributed by atoms with Crippen molar-refractivity contribution in [1.82, 2.24) is 10.2 Å². The van der Waals surface area contributed by atoms with E-state index in [4.69, 9.17) is 16.3 Å². The van der Waals surface area contributed by atoms with E-state index < -0.39 is 6.04 Å². The molecule has 0 aromatic heterocycles. The molecule has 1 aliphatic heterocycles. The van der Waals surface area contributed by atoms with Crippen molar-refractivity contribution in [3.8, 4) is 5.75 Å². The fraction of sp³-hybridized carbons (Fsp3) is 0.400. The van der Waals surface area contributed by atoms with Gasteiger partial charge in [-0.05, 0) is 49.6 Å². The Balaban J connectivity index is 1.63. The molecule has 1 heterocycles. The number of nitrogens with zero attached hydrogens (tertiary/aromatic N) is 1. The van der Waals surface area contributed by atoms with Gasteiger partial charge in [-0.1, -0.05) is 42.6 Å². The highest BCUT2D eigenvalue weighted by Crippen LogP contribution is 2.32. The van der Waals surface area contributed by atoms with E-state index in [2.05, 4.69) is 10.6 Å². The lowest BCUT2D eigenvalue weighted by Gasteiger charge is -2.48. The van der Waals surface area contributed by atoms with Crippen molar-refractivity contribution in [2.24, 2.45) is 0 Å². The summed E-state index contributed by atoms with van der Waals surface area (Å²) in [6.45, 7) is 1.86. The van der Waals surface area contributed by atoms with Crippen LogP contribution in [0.3, 0.4) is 0 Å². The van der Waals surface area contributed by atoms with Crippen LogP contribution in [-0.2, 0) is 9.59 Å². The second-order valence-corrected chi connectivity index (χ2v) is 9.04. The summed E-state index contributed by atoms with van der Waals surface area (Å²) in [5.41, 5.74) is 1.83. The molecule has 2 N–H and O–H groups in total. The molecule has 2 aromatic rings. The maximum atomic E-state index is 13.7. The minimum Gasteiger partial charge on any atom is -0.496 e. The van der Waals surface area contributed by atoms with Crippen LogP contribution >= 0.6 is 11.6 Å². The molecule has 0 unspecified atom stereocenters. The largest absolute Gasteiger partial charge is 0.496 e. The number of halogens is 1. The number of hydrogen-bond acceptors (Lipinski definition) is 4. The second-order valence-electron chi connectivity index (χ2n) is 8.61. The highest BCUT2D eigenvalue weighted by atomic mass is 35.5. The molecule has 2 aliphatic rings. The van der Waals surface area contributed by atoms with Crippen molar-refractivity contribution < 1.29 is 19.1 Å². The molecule has 2 fully saturated rings. The summed E-state index contributed by atoms with van der Waals surface area (Å²) in [4.78, 5) is 41.5. The number of methoxy groups -OCH3 is 1. The van der Waals surface area contributed by atoms with Crippen LogP contribution in [0.1, 0.15) is 48.0 Å². The Hall–Kier alpha value is -3.06. The van der Waals surface area contributed by atoms with Crippen molar-refractivity contribution in [3.63, 3.8) is 0 Å². The van der Waals surface area contributed by atoms with Crippen molar-refractivity contribution in [2.75, 3.05) is 12.4 Å². The Bertz CT molecular complexity index is 1070. The fourth-order valence-electron chi connectivity index (χ4n) is 4.80. The van der Waals surface area contributed by atoms with Gasteiger partial charge in [0.25, 0.3) is 5.91 Å². The van der Waals surface area contributed by atoms with Crippen LogP contribution in [0.25, 0.3) is 0 Å². The molecule has 0 spiro atoms. The van der Waals surface area contributed by atoms with Crippen LogP contribution < -0.4 is 15.4 Å². The zero-order valence-electron chi connectivity index (χ0n) is 18.8. The number of piperazine rings is 1. The van der Waals surface area contributed by atoms with Gasteiger partial charge in [-0.25, -0.2) is 0 Å². The molecule has 1 aliphatic carbocycles. The van der Waals surface area contributed by atoms with Gasteiger partial charge in [-0.15, -0.1) is 0 Å². The predicted octanol–water partition coefficient (Wildman–Crippen LogP) is 3.94. The average molecular weight is 470 g/mol. The van der Waals surface area contributed by atoms with E-state index in [0.29, 0.717) is 22.0 Å². The van der Waals surface area contributed by atoms with E-state index >= 15 is 0 Å². The lowest BCUT2D eigenvalue weighted by atomic mass is 9.84. The van der Waals surface area contributed by atoms with Gasteiger partial charge in [0.15, 0.2) is 0 Å². The topological polar surface area (TPSA) is 87.7 Å². The minimum absolute atomic E-state index is 0.112. The smallest absolute Gasteiger partial charge is 0.258 e. The number of anilines is 1. The third-order valence-electron chi connectivity index (χ3n) is 6.48. The number of aryl methyl sites for hydroxylation is 1. The maximum absolute atomic E-state index is 13.7. The number of nitrogens with one attached hydrogen (secondary N) is 2. The Morgan fingerprint density at radius 3 is 2.73 bits per heavy atom. The molecule has 1 saturated heterocycles. The molecule has 33 heavy (non-hydrogen) atoms. The van der Waals surface area contributed by atoms with Gasteiger partial charge < -0.3 is 20.3 Å². The second kappa shape index (κ2) is 9.83. The quantitative estimate of drug-likeness (QED) is 0.694. The normalized spacial score (nSPS) is 22.2. The van der Waals surface area contributed by atoms with Gasteiger partial charge in [0.1, 0.15) is 11.8 Å². The Labute approximate surface area is 198 Å². The summed E-state index contributed by atoms with van der Waals surface area (Å²) in [6.07, 6.45) is 3.40. The average Bonchev–Trinajstić information content (AvgIpc) is 2.81. The van der Waals surface area contributed by atoms with Crippen LogP contribution in [0.4, 0.5) is 5.69 Å². The summed E-state index contributed by atoms with van der Waals surface area (Å²) < 4.78 is 5.40. The zero-order valence-corrected chi connectivity index (χ0v) is 19.5. The number of para-hydroxylation sites is 1. The Kier molecular flexibility index (Phi) is 6.88. The highest BCUT2D eigenvalue weighted by Gasteiger charge is 2.46. The standard InChI is InChI=1S/C25H28ClN3O4/c1-15-11-12-16(26)13-19(15)27-23(30)14-21-24(31)28-18-8-4-5-9-20(18)29(21)25(32)17-7-3-6-10-22(17)33-2/h3,6-7,10-13,18,20-21H,4-5,8-9,14H2,1-2H3,(H,27,30)(H,28,31)/t18-,20-,21+/m0/s1. The van der Waals surface area contributed by atoms with E-state index in [1.807, 2.05) is 13.0 Å². The Morgan fingerprint density at radius 1 is 1.18 bits per heavy atom. The number of ether oxygens (including phenoxy) is 1. The molecule has 8 heteroatoms. The van der Waals surface area contributed by atoms with Gasteiger partial charge in [0.05, 0.1) is 25.1 Å². The maximum Gasteiger partial charge on any atom is 0.258 e. The van der Waals surface area contributed by atoms with Crippen molar-refractivity contribution >= 4 is 35.0 Å². The van der Waals surface area contributed by atoms with Crippen molar-refractivity contribution in [1.29, 1.82) is 0 Å². The number of carbonyl (C=O) groups excluding carboxylic acids is 3. The summed E-state index contributed by atoms with van der Waals surface area (Å²) in [5.74, 6) is -0.513. The molecule has 174 valence electrons. The first-order chi connectivity index (χ1) is 15.9. The fourth-order valence-corrected chi connectivity index (χ4v) is 4.97. The molecular formula is C25H28ClN3O4. The molecule has 3 amide bonds. The molecule has 1 saturated carbocycles. The van der Waals surface area contributed by atoms with Crippen molar-refractivity contribution in [2.45, 2.75) is 57.2 Å². The third kappa shape index (κ3) is 4.83. The lowest BCUT2D eigenvalue weighted by Crippen LogP contribution is -2.68. The number of amides is 3. The summed E-state index contributed by atoms with van der Waals surface area (Å²) >= 11 is 6.07. The van der Waals surface area contributed by atoms with E-state index in [1.54, 1.807) is 41.3 Å². The third-order valence-corrected chi connectivity index (χ3v) is 6.71. The van der Waals surface area contributed by atoms with Crippen LogP contribution in [0, 0.1) is 6.92 Å². The van der Waals surface area contributed by atoms with E-state index in [0.717, 1.165) is 31.2 Å². The molecule has 7 nitrogen and oxygen atoms in total. The van der Waals surface area contributed by atoms with Gasteiger partial charge in [0, 0.05) is 16.8 Å². The van der Waals surface area contributed by atoms with Crippen molar-refractivity contribution in [3.05, 3.63) is 58.6 Å². The summed E-state index contributed by atoms with van der Waals surface area (Å²) in [7, 11) is 1.51. The summed E-state index contributed by atoms with van der Waals surface area (Å²) in [6, 6.07) is 11.0. The minimum atomic E-state index is -0.916. The molecule has 0 radical (unpaired) electrons. The number of hydrogen-bond donors (Lipinski definition) is 2. The first kappa shape index (κ1) is 23.1. The molecule has 4 rings (SSSR count). The first-order valence-corrected chi connectivity index (χ1v) is 11.6. The van der Waals surface area contributed by atoms with Gasteiger partial charge in [-0.3, -0.25) is 14.4 Å². The van der Waals surface area contributed by atoms with Gasteiger partial charge in [0.2, 0.25) is 11.8 Å². The molecule has 3 atom stereocenters. The number of benzene rings is 2. The van der Waals surface area contributed by atoms with Crippen LogP contribution in [0.2, 0.25) is 5.02 Å². The first-order valence-electron chi connectivity index (χ1n) is 11.2. The SMILES string of the molecule is COc1ccccc1C(=O)N1[C@H](CC(=O)Nc2cc(Cl)ccc2C)C(=O)N[C@H]2CCCC[C@@H]21. The molecular weight excluding hydrogens is 442 g/mol. The number of carbonyl (C=O) groups is 3. The number of rotatable bonds is 5. The molecule has 0 bridgehead atoms. The summed E-state index contributed by atoms with van der Waals surface area (Å²) in [5, 5.41) is 6.41. The van der Waals surface area contributed by atoms with Crippen LogP contribution in [0.15, 0.2) is 42.5 Å². The zero-order chi connectivity index (χ0) is 23.5. The van der Waals surface area contributed by atoms with E-state index in [1.165, 1.54) is 7.11 Å². The van der Waals surface area contributed by atoms with Gasteiger partial charge >= 0.3 is 0 Å². The highest BCUT2D eigenvalue weighted by molar-refractivity contribution is 6.31. The van der Waals surface area contributed by atoms with Crippen LogP contribution in [-0.4, -0.2) is 47.9 Å². The van der Waals surface area contributed by atoms with E-state index in [9.17, 15) is 14.4 Å².